The second-order valence-corrected chi connectivity index (χ2v) is 6.44. The molecular weight excluding hydrogens is 384 g/mol. The normalized spacial score (nSPS) is 16.2. The van der Waals surface area contributed by atoms with Gasteiger partial charge in [0.05, 0.1) is 12.2 Å². The summed E-state index contributed by atoms with van der Waals surface area (Å²) in [4.78, 5) is 26.2. The van der Waals surface area contributed by atoms with E-state index in [4.69, 9.17) is 4.74 Å². The van der Waals surface area contributed by atoms with E-state index in [1.807, 2.05) is 36.4 Å². The Labute approximate surface area is 154 Å². The van der Waals surface area contributed by atoms with Crippen LogP contribution in [-0.2, 0) is 9.59 Å². The van der Waals surface area contributed by atoms with Gasteiger partial charge in [0.15, 0.2) is 6.10 Å². The first-order chi connectivity index (χ1) is 12.1. The number of nitrogens with one attached hydrogen (secondary N) is 1. The van der Waals surface area contributed by atoms with Gasteiger partial charge in [0, 0.05) is 17.6 Å². The van der Waals surface area contributed by atoms with E-state index in [0.29, 0.717) is 11.4 Å². The number of rotatable bonds is 3. The maximum absolute atomic E-state index is 12.7. The fourth-order valence-electron chi connectivity index (χ4n) is 2.61. The molecule has 0 bridgehead atoms. The number of carbonyl (C=O) groups is 2. The van der Waals surface area contributed by atoms with Crippen molar-refractivity contribution in [1.82, 2.24) is 5.32 Å². The monoisotopic (exact) mass is 400 g/mol. The van der Waals surface area contributed by atoms with E-state index < -0.39 is 6.10 Å². The summed E-state index contributed by atoms with van der Waals surface area (Å²) in [5.74, 6) is 0.0551. The van der Waals surface area contributed by atoms with Crippen molar-refractivity contribution in [3.8, 4) is 5.75 Å². The topological polar surface area (TPSA) is 58.6 Å². The number of halogens is 1. The Morgan fingerprint density at radius 1 is 1.24 bits per heavy atom. The van der Waals surface area contributed by atoms with Crippen LogP contribution >= 0.6 is 15.9 Å². The number of benzene rings is 2. The predicted octanol–water partition coefficient (Wildman–Crippen LogP) is 3.00. The third kappa shape index (κ3) is 3.91. The molecule has 128 valence electrons. The second kappa shape index (κ2) is 7.53. The molecule has 1 aliphatic heterocycles. The summed E-state index contributed by atoms with van der Waals surface area (Å²) in [5, 5.41) is 2.56. The zero-order valence-electron chi connectivity index (χ0n) is 13.6. The average molecular weight is 401 g/mol. The minimum absolute atomic E-state index is 0.165. The van der Waals surface area contributed by atoms with Crippen LogP contribution in [0.1, 0.15) is 5.56 Å². The lowest BCUT2D eigenvalue weighted by Gasteiger charge is -2.33. The van der Waals surface area contributed by atoms with Crippen molar-refractivity contribution < 1.29 is 14.3 Å². The number of nitrogens with zero attached hydrogens (tertiary/aromatic N) is 1. The molecule has 0 radical (unpaired) electrons. The molecule has 1 heterocycles. The van der Waals surface area contributed by atoms with Gasteiger partial charge in [-0.05, 0) is 35.9 Å². The van der Waals surface area contributed by atoms with Crippen LogP contribution in [-0.4, -0.2) is 31.5 Å². The minimum Gasteiger partial charge on any atom is -0.477 e. The molecule has 3 rings (SSSR count). The molecule has 0 spiro atoms. The smallest absolute Gasteiger partial charge is 0.262 e. The number of hydrogen-bond donors (Lipinski definition) is 1. The van der Waals surface area contributed by atoms with Gasteiger partial charge in [-0.3, -0.25) is 9.59 Å². The molecule has 6 heteroatoms. The summed E-state index contributed by atoms with van der Waals surface area (Å²) < 4.78 is 6.65. The van der Waals surface area contributed by atoms with Crippen molar-refractivity contribution >= 4 is 39.5 Å². The predicted molar refractivity (Wildman–Crippen MR) is 100 cm³/mol. The van der Waals surface area contributed by atoms with Gasteiger partial charge in [-0.2, -0.15) is 0 Å². The van der Waals surface area contributed by atoms with Crippen LogP contribution in [0.2, 0.25) is 0 Å². The Morgan fingerprint density at radius 3 is 2.80 bits per heavy atom. The molecule has 2 aromatic rings. The fraction of sp³-hybridized carbons (Fsp3) is 0.158. The molecule has 0 aliphatic carbocycles. The molecule has 2 amide bonds. The highest BCUT2D eigenvalue weighted by atomic mass is 79.9. The fourth-order valence-corrected chi connectivity index (χ4v) is 3.03. The standard InChI is InChI=1S/C19H17BrN2O3/c1-21-19(24)17-12-22(15-7-2-3-8-16(15)25-17)18(23)10-9-13-5-4-6-14(20)11-13/h2-11,17H,12H2,1H3,(H,21,24)/b10-9+. The van der Waals surface area contributed by atoms with Crippen LogP contribution in [0.3, 0.4) is 0 Å². The van der Waals surface area contributed by atoms with E-state index in [0.717, 1.165) is 10.0 Å². The summed E-state index contributed by atoms with van der Waals surface area (Å²) >= 11 is 3.41. The molecule has 1 atom stereocenters. The molecule has 1 N–H and O–H groups in total. The van der Waals surface area contributed by atoms with E-state index in [-0.39, 0.29) is 18.4 Å². The summed E-state index contributed by atoms with van der Waals surface area (Å²) in [7, 11) is 1.55. The van der Waals surface area contributed by atoms with Crippen molar-refractivity contribution in [2.75, 3.05) is 18.5 Å². The third-order valence-electron chi connectivity index (χ3n) is 3.85. The molecule has 25 heavy (non-hydrogen) atoms. The lowest BCUT2D eigenvalue weighted by Crippen LogP contribution is -2.49. The van der Waals surface area contributed by atoms with Gasteiger partial charge in [0.2, 0.25) is 0 Å². The van der Waals surface area contributed by atoms with Crippen LogP contribution in [0, 0.1) is 0 Å². The number of amides is 2. The SMILES string of the molecule is CNC(=O)C1CN(C(=O)/C=C/c2cccc(Br)c2)c2ccccc2O1. The molecule has 2 aromatic carbocycles. The molecule has 5 nitrogen and oxygen atoms in total. The number of ether oxygens (including phenoxy) is 1. The highest BCUT2D eigenvalue weighted by Gasteiger charge is 2.32. The lowest BCUT2D eigenvalue weighted by molar-refractivity contribution is -0.127. The van der Waals surface area contributed by atoms with Crippen LogP contribution < -0.4 is 15.0 Å². The third-order valence-corrected chi connectivity index (χ3v) is 4.34. The quantitative estimate of drug-likeness (QED) is 0.805. The van der Waals surface area contributed by atoms with Gasteiger partial charge >= 0.3 is 0 Å². The van der Waals surface area contributed by atoms with Crippen LogP contribution in [0.5, 0.6) is 5.75 Å². The molecule has 1 aliphatic rings. The minimum atomic E-state index is -0.733. The van der Waals surface area contributed by atoms with Gasteiger partial charge in [0.25, 0.3) is 11.8 Å². The Balaban J connectivity index is 1.86. The first kappa shape index (κ1) is 17.2. The number of para-hydroxylation sites is 2. The van der Waals surface area contributed by atoms with Crippen LogP contribution in [0.15, 0.2) is 59.1 Å². The number of likely N-dealkylation sites (N-methyl/N-ethyl adjacent to an activating group) is 1. The van der Waals surface area contributed by atoms with Crippen LogP contribution in [0.25, 0.3) is 6.08 Å². The Morgan fingerprint density at radius 2 is 2.04 bits per heavy atom. The zero-order valence-corrected chi connectivity index (χ0v) is 15.2. The molecular formula is C19H17BrN2O3. The number of fused-ring (bicyclic) bond motifs is 1. The molecule has 1 unspecified atom stereocenters. The highest BCUT2D eigenvalue weighted by molar-refractivity contribution is 9.10. The van der Waals surface area contributed by atoms with Gasteiger partial charge < -0.3 is 15.0 Å². The second-order valence-electron chi connectivity index (χ2n) is 5.53. The van der Waals surface area contributed by atoms with Gasteiger partial charge in [-0.25, -0.2) is 0 Å². The highest BCUT2D eigenvalue weighted by Crippen LogP contribution is 2.33. The van der Waals surface area contributed by atoms with Gasteiger partial charge in [-0.1, -0.05) is 40.2 Å². The first-order valence-corrected chi connectivity index (χ1v) is 8.60. The maximum atomic E-state index is 12.7. The van der Waals surface area contributed by atoms with Gasteiger partial charge in [-0.15, -0.1) is 0 Å². The van der Waals surface area contributed by atoms with Crippen molar-refractivity contribution in [3.63, 3.8) is 0 Å². The Kier molecular flexibility index (Phi) is 5.19. The van der Waals surface area contributed by atoms with E-state index in [1.165, 1.54) is 6.08 Å². The van der Waals surface area contributed by atoms with Crippen molar-refractivity contribution in [2.45, 2.75) is 6.10 Å². The molecule has 0 fully saturated rings. The van der Waals surface area contributed by atoms with Crippen LogP contribution in [0.4, 0.5) is 5.69 Å². The zero-order chi connectivity index (χ0) is 17.8. The van der Waals surface area contributed by atoms with E-state index in [1.54, 1.807) is 30.2 Å². The average Bonchev–Trinajstić information content (AvgIpc) is 2.64. The molecule has 0 aromatic heterocycles. The van der Waals surface area contributed by atoms with Crippen molar-refractivity contribution in [2.24, 2.45) is 0 Å². The van der Waals surface area contributed by atoms with Gasteiger partial charge in [0.1, 0.15) is 5.75 Å². The summed E-state index contributed by atoms with van der Waals surface area (Å²) in [6.45, 7) is 0.165. The van der Waals surface area contributed by atoms with E-state index >= 15 is 0 Å². The number of anilines is 1. The summed E-state index contributed by atoms with van der Waals surface area (Å²) in [6.07, 6.45) is 2.52. The van der Waals surface area contributed by atoms with Crippen molar-refractivity contribution in [1.29, 1.82) is 0 Å². The largest absolute Gasteiger partial charge is 0.477 e. The summed E-state index contributed by atoms with van der Waals surface area (Å²) in [6, 6.07) is 14.9. The Hall–Kier alpha value is -2.60. The van der Waals surface area contributed by atoms with E-state index in [9.17, 15) is 9.59 Å². The Bertz CT molecular complexity index is 835. The van der Waals surface area contributed by atoms with Crippen molar-refractivity contribution in [3.05, 3.63) is 64.6 Å². The lowest BCUT2D eigenvalue weighted by atomic mass is 10.1. The number of hydrogen-bond acceptors (Lipinski definition) is 3. The summed E-state index contributed by atoms with van der Waals surface area (Å²) in [5.41, 5.74) is 1.57. The first-order valence-electron chi connectivity index (χ1n) is 7.81. The van der Waals surface area contributed by atoms with E-state index in [2.05, 4.69) is 21.2 Å². The molecule has 0 saturated heterocycles. The number of carbonyl (C=O) groups excluding carboxylic acids is 2. The molecule has 0 saturated carbocycles. The maximum Gasteiger partial charge on any atom is 0.262 e.